The van der Waals surface area contributed by atoms with Gasteiger partial charge in [0, 0.05) is 23.4 Å². The van der Waals surface area contributed by atoms with Crippen LogP contribution in [-0.2, 0) is 10.0 Å². The predicted molar refractivity (Wildman–Crippen MR) is 105 cm³/mol. The van der Waals surface area contributed by atoms with Gasteiger partial charge in [-0.25, -0.2) is 8.42 Å². The first-order chi connectivity index (χ1) is 13.8. The molecule has 0 fully saturated rings. The molecule has 4 rings (SSSR count). The van der Waals surface area contributed by atoms with Crippen LogP contribution < -0.4 is 4.72 Å². The second kappa shape index (κ2) is 6.95. The van der Waals surface area contributed by atoms with Crippen LogP contribution in [0.5, 0.6) is 0 Å². The molecule has 146 valence electrons. The van der Waals surface area contributed by atoms with Crippen LogP contribution in [0, 0.1) is 17.0 Å². The summed E-state index contributed by atoms with van der Waals surface area (Å²) in [6.07, 6.45) is 0. The van der Waals surface area contributed by atoms with Crippen molar-refractivity contribution in [1.82, 2.24) is 19.8 Å². The first kappa shape index (κ1) is 18.5. The molecule has 0 unspecified atom stereocenters. The van der Waals surface area contributed by atoms with Gasteiger partial charge in [-0.1, -0.05) is 12.1 Å². The minimum atomic E-state index is -3.91. The number of nitro groups is 1. The van der Waals surface area contributed by atoms with Crippen molar-refractivity contribution in [3.63, 3.8) is 0 Å². The van der Waals surface area contributed by atoms with E-state index in [9.17, 15) is 18.5 Å². The molecule has 1 N–H and O–H groups in total. The maximum absolute atomic E-state index is 12.6. The van der Waals surface area contributed by atoms with E-state index < -0.39 is 14.9 Å². The van der Waals surface area contributed by atoms with Gasteiger partial charge in [-0.05, 0) is 43.3 Å². The minimum Gasteiger partial charge on any atom is -0.280 e. The highest BCUT2D eigenvalue weighted by atomic mass is 32.2. The van der Waals surface area contributed by atoms with Gasteiger partial charge in [0.05, 0.1) is 15.5 Å². The zero-order valence-electron chi connectivity index (χ0n) is 15.1. The third kappa shape index (κ3) is 3.62. The molecule has 0 spiro atoms. The minimum absolute atomic E-state index is 0.0758. The van der Waals surface area contributed by atoms with E-state index in [1.54, 1.807) is 47.8 Å². The number of rotatable bonds is 5. The summed E-state index contributed by atoms with van der Waals surface area (Å²) < 4.78 is 29.3. The van der Waals surface area contributed by atoms with Crippen molar-refractivity contribution in [1.29, 1.82) is 0 Å². The van der Waals surface area contributed by atoms with Gasteiger partial charge in [0.1, 0.15) is 0 Å². The van der Waals surface area contributed by atoms with E-state index in [1.807, 2.05) is 0 Å². The molecule has 0 aliphatic heterocycles. The van der Waals surface area contributed by atoms with E-state index in [4.69, 9.17) is 0 Å². The van der Waals surface area contributed by atoms with Gasteiger partial charge in [0.25, 0.3) is 15.7 Å². The van der Waals surface area contributed by atoms with E-state index in [0.29, 0.717) is 28.4 Å². The molecular formula is C18H14N6O4S. The standard InChI is InChI=1S/C18H14N6O4S/c1-12-19-20-18-10-9-17(21-23(12)18)13-3-2-4-14(11-13)22-29(27,28)16-7-5-15(6-8-16)24(25)26/h2-11,22H,1H3. The average molecular weight is 410 g/mol. The molecule has 4 aromatic rings. The Morgan fingerprint density at radius 3 is 2.52 bits per heavy atom. The summed E-state index contributed by atoms with van der Waals surface area (Å²) in [6, 6.07) is 15.0. The summed E-state index contributed by atoms with van der Waals surface area (Å²) in [5.74, 6) is 0.636. The lowest BCUT2D eigenvalue weighted by molar-refractivity contribution is -0.384. The molecule has 10 nitrogen and oxygen atoms in total. The number of nitro benzene ring substituents is 1. The van der Waals surface area contributed by atoms with E-state index in [-0.39, 0.29) is 10.6 Å². The van der Waals surface area contributed by atoms with Crippen LogP contribution in [0.3, 0.4) is 0 Å². The first-order valence-electron chi connectivity index (χ1n) is 8.40. The lowest BCUT2D eigenvalue weighted by atomic mass is 10.1. The van der Waals surface area contributed by atoms with Gasteiger partial charge in [-0.3, -0.25) is 14.8 Å². The fourth-order valence-corrected chi connectivity index (χ4v) is 3.80. The Labute approximate surface area is 165 Å². The largest absolute Gasteiger partial charge is 0.280 e. The fraction of sp³-hybridized carbons (Fsp3) is 0.0556. The van der Waals surface area contributed by atoms with Gasteiger partial charge < -0.3 is 0 Å². The molecule has 2 aromatic heterocycles. The lowest BCUT2D eigenvalue weighted by Crippen LogP contribution is -2.13. The number of hydrogen-bond donors (Lipinski definition) is 1. The number of sulfonamides is 1. The number of hydrogen-bond acceptors (Lipinski definition) is 7. The van der Waals surface area contributed by atoms with E-state index in [1.165, 1.54) is 12.1 Å². The van der Waals surface area contributed by atoms with Crippen molar-refractivity contribution in [3.8, 4) is 11.3 Å². The first-order valence-corrected chi connectivity index (χ1v) is 9.88. The maximum atomic E-state index is 12.6. The van der Waals surface area contributed by atoms with Crippen molar-refractivity contribution in [3.05, 3.63) is 76.6 Å². The van der Waals surface area contributed by atoms with Crippen molar-refractivity contribution in [2.45, 2.75) is 11.8 Å². The Balaban J connectivity index is 1.64. The molecular weight excluding hydrogens is 396 g/mol. The Kier molecular flexibility index (Phi) is 4.43. The number of non-ortho nitro benzene ring substituents is 1. The predicted octanol–water partition coefficient (Wildman–Crippen LogP) is 2.81. The number of benzene rings is 2. The summed E-state index contributed by atoms with van der Waals surface area (Å²) in [5, 5.41) is 23.2. The second-order valence-corrected chi connectivity index (χ2v) is 7.86. The maximum Gasteiger partial charge on any atom is 0.269 e. The SMILES string of the molecule is Cc1nnc2ccc(-c3cccc(NS(=O)(=O)c4ccc([N+](=O)[O-])cc4)c3)nn12. The number of nitrogens with zero attached hydrogens (tertiary/aromatic N) is 5. The smallest absolute Gasteiger partial charge is 0.269 e. The molecule has 0 atom stereocenters. The molecule has 11 heteroatoms. The zero-order chi connectivity index (χ0) is 20.6. The fourth-order valence-electron chi connectivity index (χ4n) is 2.75. The summed E-state index contributed by atoms with van der Waals surface area (Å²) >= 11 is 0. The number of nitrogens with one attached hydrogen (secondary N) is 1. The number of aromatic nitrogens is 4. The van der Waals surface area contributed by atoms with E-state index >= 15 is 0 Å². The Morgan fingerprint density at radius 1 is 1.03 bits per heavy atom. The molecule has 0 saturated carbocycles. The summed E-state index contributed by atoms with van der Waals surface area (Å²) in [5.41, 5.74) is 2.09. The van der Waals surface area contributed by atoms with Gasteiger partial charge >= 0.3 is 0 Å². The summed E-state index contributed by atoms with van der Waals surface area (Å²) in [7, 11) is -3.91. The van der Waals surface area contributed by atoms with Crippen molar-refractivity contribution >= 4 is 27.0 Å². The highest BCUT2D eigenvalue weighted by molar-refractivity contribution is 7.92. The second-order valence-electron chi connectivity index (χ2n) is 6.17. The molecule has 0 radical (unpaired) electrons. The van der Waals surface area contributed by atoms with Crippen LogP contribution in [0.15, 0.2) is 65.6 Å². The third-order valence-electron chi connectivity index (χ3n) is 4.19. The van der Waals surface area contributed by atoms with Gasteiger partial charge in [-0.15, -0.1) is 10.2 Å². The quantitative estimate of drug-likeness (QED) is 0.395. The van der Waals surface area contributed by atoms with Crippen LogP contribution >= 0.6 is 0 Å². The van der Waals surface area contributed by atoms with Gasteiger partial charge in [0.15, 0.2) is 11.5 Å². The van der Waals surface area contributed by atoms with E-state index in [0.717, 1.165) is 12.1 Å². The van der Waals surface area contributed by atoms with Gasteiger partial charge in [0.2, 0.25) is 0 Å². The molecule has 0 amide bonds. The summed E-state index contributed by atoms with van der Waals surface area (Å²) in [4.78, 5) is 10.1. The van der Waals surface area contributed by atoms with Crippen LogP contribution in [0.1, 0.15) is 5.82 Å². The number of aryl methyl sites for hydroxylation is 1. The molecule has 2 heterocycles. The van der Waals surface area contributed by atoms with Crippen molar-refractivity contribution in [2.24, 2.45) is 0 Å². The summed E-state index contributed by atoms with van der Waals surface area (Å²) in [6.45, 7) is 1.78. The topological polar surface area (TPSA) is 132 Å². The Bertz CT molecular complexity index is 1330. The normalized spacial score (nSPS) is 11.5. The zero-order valence-corrected chi connectivity index (χ0v) is 15.9. The average Bonchev–Trinajstić information content (AvgIpc) is 3.08. The van der Waals surface area contributed by atoms with Crippen LogP contribution in [-0.4, -0.2) is 33.2 Å². The molecule has 0 aliphatic rings. The Hall–Kier alpha value is -3.86. The molecule has 0 saturated heterocycles. The van der Waals surface area contributed by atoms with Crippen molar-refractivity contribution < 1.29 is 13.3 Å². The third-order valence-corrected chi connectivity index (χ3v) is 5.58. The Morgan fingerprint density at radius 2 is 1.79 bits per heavy atom. The van der Waals surface area contributed by atoms with Gasteiger partial charge in [-0.2, -0.15) is 9.61 Å². The highest BCUT2D eigenvalue weighted by Gasteiger charge is 2.16. The number of fused-ring (bicyclic) bond motifs is 1. The monoisotopic (exact) mass is 410 g/mol. The van der Waals surface area contributed by atoms with Crippen LogP contribution in [0.25, 0.3) is 16.9 Å². The van der Waals surface area contributed by atoms with Crippen LogP contribution in [0.2, 0.25) is 0 Å². The lowest BCUT2D eigenvalue weighted by Gasteiger charge is -2.09. The molecule has 2 aromatic carbocycles. The molecule has 0 aliphatic carbocycles. The van der Waals surface area contributed by atoms with Crippen LogP contribution in [0.4, 0.5) is 11.4 Å². The number of anilines is 1. The highest BCUT2D eigenvalue weighted by Crippen LogP contribution is 2.24. The van der Waals surface area contributed by atoms with E-state index in [2.05, 4.69) is 20.0 Å². The molecule has 0 bridgehead atoms. The molecule has 29 heavy (non-hydrogen) atoms. The van der Waals surface area contributed by atoms with Crippen molar-refractivity contribution in [2.75, 3.05) is 4.72 Å².